The molecule has 8 N–H and O–H groups in total. The van der Waals surface area contributed by atoms with Crippen LogP contribution < -0.4 is 22.3 Å². The van der Waals surface area contributed by atoms with Gasteiger partial charge in [-0.3, -0.25) is 22.3 Å². The van der Waals surface area contributed by atoms with Crippen LogP contribution in [-0.4, -0.2) is 21.6 Å². The third-order valence-electron chi connectivity index (χ3n) is 1.25. The zero-order valence-electron chi connectivity index (χ0n) is 6.36. The van der Waals surface area contributed by atoms with E-state index < -0.39 is 0 Å². The van der Waals surface area contributed by atoms with E-state index in [9.17, 15) is 0 Å². The van der Waals surface area contributed by atoms with Gasteiger partial charge in [-0.25, -0.2) is 9.97 Å². The van der Waals surface area contributed by atoms with Crippen LogP contribution >= 0.6 is 0 Å². The lowest BCUT2D eigenvalue weighted by atomic mass is 10.2. The summed E-state index contributed by atoms with van der Waals surface area (Å²) in [5.41, 5.74) is 11.3. The van der Waals surface area contributed by atoms with Crippen molar-refractivity contribution in [3.63, 3.8) is 0 Å². The van der Waals surface area contributed by atoms with E-state index >= 15 is 0 Å². The average molecular weight is 166 g/mol. The summed E-state index contributed by atoms with van der Waals surface area (Å²) in [6.07, 6.45) is 2.92. The minimum atomic E-state index is 0.0477. The normalized spacial score (nSPS) is 9.33. The van der Waals surface area contributed by atoms with Crippen molar-refractivity contribution in [1.82, 2.24) is 9.97 Å². The van der Waals surface area contributed by atoms with Crippen molar-refractivity contribution in [2.45, 2.75) is 0 Å². The fourth-order valence-electron chi connectivity index (χ4n) is 0.761. The predicted octanol–water partition coefficient (Wildman–Crippen LogP) is -4.59. The van der Waals surface area contributed by atoms with E-state index in [2.05, 4.69) is 9.97 Å². The van der Waals surface area contributed by atoms with Gasteiger partial charge < -0.3 is 0 Å². The van der Waals surface area contributed by atoms with E-state index in [0.29, 0.717) is 11.4 Å². The molecule has 0 aliphatic carbocycles. The monoisotopic (exact) mass is 166 g/mol. The fourth-order valence-corrected chi connectivity index (χ4v) is 0.761. The Balaban J connectivity index is 3.27. The first-order chi connectivity index (χ1) is 5.63. The summed E-state index contributed by atoms with van der Waals surface area (Å²) < 4.78 is 0. The molecule has 1 rings (SSSR count). The summed E-state index contributed by atoms with van der Waals surface area (Å²) in [4.78, 5) is 7.74. The van der Waals surface area contributed by atoms with Gasteiger partial charge in [0.15, 0.2) is 11.4 Å². The molecular weight excluding hydrogens is 156 g/mol. The minimum absolute atomic E-state index is 0.0477. The van der Waals surface area contributed by atoms with Crippen molar-refractivity contribution in [3.05, 3.63) is 23.8 Å². The topological polar surface area (TPSA) is 129 Å². The average Bonchev–Trinajstić information content (AvgIpc) is 2.04. The van der Waals surface area contributed by atoms with Crippen LogP contribution in [0.3, 0.4) is 0 Å². The van der Waals surface area contributed by atoms with E-state index in [-0.39, 0.29) is 11.7 Å². The van der Waals surface area contributed by atoms with Crippen LogP contribution in [0.25, 0.3) is 0 Å². The van der Waals surface area contributed by atoms with E-state index in [1.165, 1.54) is 12.4 Å². The molecule has 62 valence electrons. The summed E-state index contributed by atoms with van der Waals surface area (Å²) in [6, 6.07) is 0. The Morgan fingerprint density at radius 2 is 1.33 bits per heavy atom. The highest BCUT2D eigenvalue weighted by Crippen LogP contribution is 1.95. The zero-order valence-corrected chi connectivity index (χ0v) is 6.36. The SMILES string of the molecule is NC(=[NH2+])c1nccnc1C(N)=[NH2+]. The number of aromatic nitrogens is 2. The molecule has 0 aliphatic rings. The lowest BCUT2D eigenvalue weighted by Gasteiger charge is -1.95. The van der Waals surface area contributed by atoms with Crippen molar-refractivity contribution in [3.8, 4) is 0 Å². The van der Waals surface area contributed by atoms with Gasteiger partial charge in [-0.15, -0.1) is 0 Å². The Morgan fingerprint density at radius 1 is 1.00 bits per heavy atom. The maximum Gasteiger partial charge on any atom is 0.292 e. The first-order valence-electron chi connectivity index (χ1n) is 3.20. The molecule has 1 aromatic rings. The summed E-state index contributed by atoms with van der Waals surface area (Å²) in [5.74, 6) is 0.0954. The van der Waals surface area contributed by atoms with Crippen molar-refractivity contribution >= 4 is 11.7 Å². The lowest BCUT2D eigenvalue weighted by molar-refractivity contribution is -0.117. The van der Waals surface area contributed by atoms with E-state index in [0.717, 1.165) is 0 Å². The maximum absolute atomic E-state index is 5.32. The van der Waals surface area contributed by atoms with Crippen molar-refractivity contribution < 1.29 is 10.8 Å². The van der Waals surface area contributed by atoms with E-state index in [1.807, 2.05) is 0 Å². The molecule has 0 radical (unpaired) electrons. The Labute approximate surface area is 68.7 Å². The molecule has 0 unspecified atom stereocenters. The highest BCUT2D eigenvalue weighted by atomic mass is 14.9. The molecule has 1 heterocycles. The largest absolute Gasteiger partial charge is 0.292 e. The summed E-state index contributed by atoms with van der Waals surface area (Å²) >= 11 is 0. The standard InChI is InChI=1S/C6H8N6/c7-5(8)3-4(6(9)10)12-2-1-11-3/h1-2H,(H3,7,8)(H3,9,10)/p+2. The van der Waals surface area contributed by atoms with Crippen molar-refractivity contribution in [2.24, 2.45) is 11.5 Å². The summed E-state index contributed by atoms with van der Waals surface area (Å²) in [6.45, 7) is 0. The molecule has 0 bridgehead atoms. The predicted molar refractivity (Wildman–Crippen MR) is 42.5 cm³/mol. The molecule has 0 spiro atoms. The zero-order chi connectivity index (χ0) is 9.14. The second-order valence-electron chi connectivity index (χ2n) is 2.16. The molecule has 1 aromatic heterocycles. The molecule has 0 aliphatic heterocycles. The first kappa shape index (κ1) is 8.12. The third kappa shape index (κ3) is 1.36. The Kier molecular flexibility index (Phi) is 2.00. The van der Waals surface area contributed by atoms with Gasteiger partial charge in [0, 0.05) is 12.4 Å². The Morgan fingerprint density at radius 3 is 1.58 bits per heavy atom. The number of nitrogens with zero attached hydrogens (tertiary/aromatic N) is 2. The Hall–Kier alpha value is -1.98. The van der Waals surface area contributed by atoms with Crippen LogP contribution in [-0.2, 0) is 0 Å². The molecule has 0 saturated heterocycles. The quantitative estimate of drug-likeness (QED) is 0.260. The Bertz CT molecular complexity index is 298. The van der Waals surface area contributed by atoms with Crippen LogP contribution in [0.1, 0.15) is 11.4 Å². The van der Waals surface area contributed by atoms with E-state index in [4.69, 9.17) is 22.3 Å². The third-order valence-corrected chi connectivity index (χ3v) is 1.25. The first-order valence-corrected chi connectivity index (χ1v) is 3.20. The smallest absolute Gasteiger partial charge is 0.286 e. The molecule has 6 nitrogen and oxygen atoms in total. The second kappa shape index (κ2) is 2.95. The van der Waals surface area contributed by atoms with Crippen LogP contribution in [0.15, 0.2) is 12.4 Å². The van der Waals surface area contributed by atoms with Crippen molar-refractivity contribution in [2.75, 3.05) is 0 Å². The second-order valence-corrected chi connectivity index (χ2v) is 2.16. The highest BCUT2D eigenvalue weighted by Gasteiger charge is 2.16. The molecular formula is C6H10N6+2. The van der Waals surface area contributed by atoms with Gasteiger partial charge in [-0.2, -0.15) is 0 Å². The van der Waals surface area contributed by atoms with Crippen LogP contribution in [0.2, 0.25) is 0 Å². The maximum atomic E-state index is 5.32. The summed E-state index contributed by atoms with van der Waals surface area (Å²) in [7, 11) is 0. The number of nitrogens with two attached hydrogens (primary N) is 4. The van der Waals surface area contributed by atoms with Gasteiger partial charge in [0.2, 0.25) is 0 Å². The van der Waals surface area contributed by atoms with Gasteiger partial charge in [0.1, 0.15) is 0 Å². The van der Waals surface area contributed by atoms with Gasteiger partial charge in [0.05, 0.1) is 0 Å². The highest BCUT2D eigenvalue weighted by molar-refractivity contribution is 6.03. The number of hydrogen-bond acceptors (Lipinski definition) is 2. The van der Waals surface area contributed by atoms with Gasteiger partial charge in [-0.05, 0) is 0 Å². The van der Waals surface area contributed by atoms with Crippen LogP contribution in [0, 0.1) is 0 Å². The molecule has 0 amide bonds. The molecule has 12 heavy (non-hydrogen) atoms. The van der Waals surface area contributed by atoms with Crippen LogP contribution in [0.4, 0.5) is 0 Å². The van der Waals surface area contributed by atoms with Gasteiger partial charge in [0.25, 0.3) is 11.7 Å². The molecule has 6 heteroatoms. The summed E-state index contributed by atoms with van der Waals surface area (Å²) in [5, 5.41) is 10.6. The van der Waals surface area contributed by atoms with Gasteiger partial charge >= 0.3 is 0 Å². The lowest BCUT2D eigenvalue weighted by Crippen LogP contribution is -2.51. The van der Waals surface area contributed by atoms with Crippen LogP contribution in [0.5, 0.6) is 0 Å². The van der Waals surface area contributed by atoms with E-state index in [1.54, 1.807) is 0 Å². The molecule has 0 aromatic carbocycles. The molecule has 0 fully saturated rings. The molecule has 0 atom stereocenters. The number of rotatable bonds is 2. The number of amidine groups is 2. The number of hydrogen-bond donors (Lipinski definition) is 4. The minimum Gasteiger partial charge on any atom is -0.286 e. The van der Waals surface area contributed by atoms with Crippen molar-refractivity contribution in [1.29, 1.82) is 0 Å². The fraction of sp³-hybridized carbons (Fsp3) is 0. The van der Waals surface area contributed by atoms with Gasteiger partial charge in [-0.1, -0.05) is 0 Å². The molecule has 0 saturated carbocycles.